The summed E-state index contributed by atoms with van der Waals surface area (Å²) in [5.74, 6) is 0.0920. The normalized spacial score (nSPS) is 19.6. The number of anilines is 1. The minimum atomic E-state index is -0.649. The second kappa shape index (κ2) is 7.60. The summed E-state index contributed by atoms with van der Waals surface area (Å²) in [5.41, 5.74) is 0.181. The molecule has 0 radical (unpaired) electrons. The molecule has 1 fully saturated rings. The molecule has 0 aliphatic heterocycles. The lowest BCUT2D eigenvalue weighted by molar-refractivity contribution is 0.0587. The number of halogens is 1. The molecule has 1 aliphatic rings. The van der Waals surface area contributed by atoms with Crippen molar-refractivity contribution in [3.05, 3.63) is 28.9 Å². The molecular weight excluding hydrogens is 384 g/mol. The number of pyridine rings is 1. The molecular formula is C19H25ClN4O4. The fourth-order valence-electron chi connectivity index (χ4n) is 3.23. The molecule has 0 spiro atoms. The molecule has 2 amide bonds. The summed E-state index contributed by atoms with van der Waals surface area (Å²) in [7, 11) is 1.56. The Labute approximate surface area is 168 Å². The highest BCUT2D eigenvalue weighted by Gasteiger charge is 2.27. The first-order valence-electron chi connectivity index (χ1n) is 9.18. The fourth-order valence-corrected chi connectivity index (χ4v) is 3.43. The van der Waals surface area contributed by atoms with E-state index >= 15 is 0 Å². The van der Waals surface area contributed by atoms with Crippen LogP contribution < -0.4 is 10.2 Å². The van der Waals surface area contributed by atoms with Crippen LogP contribution in [0, 0.1) is 0 Å². The van der Waals surface area contributed by atoms with Gasteiger partial charge in [-0.2, -0.15) is 5.10 Å². The van der Waals surface area contributed by atoms with Gasteiger partial charge in [-0.1, -0.05) is 11.6 Å². The number of fused-ring (bicyclic) bond motifs is 1. The van der Waals surface area contributed by atoms with E-state index in [1.165, 1.54) is 15.6 Å². The fraction of sp³-hybridized carbons (Fsp3) is 0.526. The van der Waals surface area contributed by atoms with Gasteiger partial charge in [0.1, 0.15) is 11.4 Å². The Balaban J connectivity index is 1.90. The highest BCUT2D eigenvalue weighted by atomic mass is 35.5. The van der Waals surface area contributed by atoms with E-state index in [1.54, 1.807) is 40.0 Å². The van der Waals surface area contributed by atoms with Gasteiger partial charge in [0.25, 0.3) is 5.91 Å². The lowest BCUT2D eigenvalue weighted by Gasteiger charge is -2.25. The zero-order chi connectivity index (χ0) is 20.6. The molecule has 3 rings (SSSR count). The van der Waals surface area contributed by atoms with Gasteiger partial charge in [0.05, 0.1) is 23.4 Å². The maximum Gasteiger partial charge on any atom is 0.415 e. The molecule has 0 aromatic carbocycles. The van der Waals surface area contributed by atoms with Crippen LogP contribution in [0.1, 0.15) is 50.4 Å². The van der Waals surface area contributed by atoms with Crippen molar-refractivity contribution in [1.82, 2.24) is 14.9 Å². The van der Waals surface area contributed by atoms with Crippen molar-refractivity contribution in [2.75, 3.05) is 11.9 Å². The van der Waals surface area contributed by atoms with Crippen molar-refractivity contribution >= 4 is 34.9 Å². The molecule has 152 valence electrons. The van der Waals surface area contributed by atoms with Gasteiger partial charge in [-0.15, -0.1) is 0 Å². The summed E-state index contributed by atoms with van der Waals surface area (Å²) in [6.45, 7) is 5.34. The van der Waals surface area contributed by atoms with E-state index in [9.17, 15) is 14.7 Å². The molecule has 2 aromatic heterocycles. The summed E-state index contributed by atoms with van der Waals surface area (Å²) in [6.07, 6.45) is 2.46. The molecule has 0 saturated heterocycles. The molecule has 28 heavy (non-hydrogen) atoms. The minimum Gasteiger partial charge on any atom is -0.443 e. The predicted octanol–water partition coefficient (Wildman–Crippen LogP) is 3.00. The number of amides is 2. The third-order valence-electron chi connectivity index (χ3n) is 4.56. The Bertz CT molecular complexity index is 905. The maximum atomic E-state index is 12.7. The van der Waals surface area contributed by atoms with Gasteiger partial charge in [-0.25, -0.2) is 9.31 Å². The molecule has 2 aromatic rings. The smallest absolute Gasteiger partial charge is 0.415 e. The quantitative estimate of drug-likeness (QED) is 0.813. The predicted molar refractivity (Wildman–Crippen MR) is 106 cm³/mol. The van der Waals surface area contributed by atoms with Crippen molar-refractivity contribution in [2.24, 2.45) is 0 Å². The van der Waals surface area contributed by atoms with E-state index in [1.807, 2.05) is 0 Å². The van der Waals surface area contributed by atoms with Crippen molar-refractivity contribution in [1.29, 1.82) is 0 Å². The molecule has 1 saturated carbocycles. The van der Waals surface area contributed by atoms with Crippen LogP contribution >= 0.6 is 11.6 Å². The van der Waals surface area contributed by atoms with Gasteiger partial charge in [0, 0.05) is 18.1 Å². The van der Waals surface area contributed by atoms with E-state index in [0.717, 1.165) is 6.42 Å². The lowest BCUT2D eigenvalue weighted by Crippen LogP contribution is -2.35. The van der Waals surface area contributed by atoms with Gasteiger partial charge in [-0.05, 0) is 52.2 Å². The largest absolute Gasteiger partial charge is 0.443 e. The Kier molecular flexibility index (Phi) is 5.54. The second-order valence-electron chi connectivity index (χ2n) is 8.06. The van der Waals surface area contributed by atoms with Crippen LogP contribution in [0.2, 0.25) is 5.02 Å². The summed E-state index contributed by atoms with van der Waals surface area (Å²) >= 11 is 6.24. The van der Waals surface area contributed by atoms with Gasteiger partial charge < -0.3 is 15.2 Å². The first-order valence-corrected chi connectivity index (χ1v) is 9.56. The van der Waals surface area contributed by atoms with Crippen LogP contribution in [0.25, 0.3) is 5.52 Å². The SMILES string of the molecule is CN(C(=O)OC(C)(C)C)c1cc(Cl)cc2c(C(=O)NC3CC[C@@H](O)C3)cnn12. The van der Waals surface area contributed by atoms with E-state index in [4.69, 9.17) is 16.3 Å². The van der Waals surface area contributed by atoms with E-state index in [2.05, 4.69) is 10.4 Å². The number of ether oxygens (including phenoxy) is 1. The Morgan fingerprint density at radius 2 is 2.07 bits per heavy atom. The minimum absolute atomic E-state index is 0.0689. The zero-order valence-electron chi connectivity index (χ0n) is 16.4. The second-order valence-corrected chi connectivity index (χ2v) is 8.50. The first kappa shape index (κ1) is 20.4. The highest BCUT2D eigenvalue weighted by Crippen LogP contribution is 2.26. The van der Waals surface area contributed by atoms with Crippen LogP contribution in [-0.4, -0.2) is 51.5 Å². The molecule has 2 heterocycles. The Morgan fingerprint density at radius 3 is 2.68 bits per heavy atom. The summed E-state index contributed by atoms with van der Waals surface area (Å²) in [5, 5.41) is 17.2. The Hall–Kier alpha value is -2.32. The van der Waals surface area contributed by atoms with Crippen LogP contribution in [-0.2, 0) is 4.74 Å². The average molecular weight is 409 g/mol. The van der Waals surface area contributed by atoms with E-state index in [-0.39, 0.29) is 18.1 Å². The number of hydrogen-bond donors (Lipinski definition) is 2. The van der Waals surface area contributed by atoms with Crippen LogP contribution in [0.15, 0.2) is 18.3 Å². The number of nitrogens with zero attached hydrogens (tertiary/aromatic N) is 3. The lowest BCUT2D eigenvalue weighted by atomic mass is 10.2. The van der Waals surface area contributed by atoms with Crippen molar-refractivity contribution < 1.29 is 19.4 Å². The number of hydrogen-bond acceptors (Lipinski definition) is 5. The topological polar surface area (TPSA) is 96.2 Å². The van der Waals surface area contributed by atoms with Gasteiger partial charge in [0.15, 0.2) is 0 Å². The number of carbonyl (C=O) groups excluding carboxylic acids is 2. The van der Waals surface area contributed by atoms with Crippen molar-refractivity contribution in [2.45, 2.75) is 57.8 Å². The van der Waals surface area contributed by atoms with Crippen LogP contribution in [0.5, 0.6) is 0 Å². The third-order valence-corrected chi connectivity index (χ3v) is 4.78. The average Bonchev–Trinajstić information content (AvgIpc) is 3.17. The molecule has 0 bridgehead atoms. The maximum absolute atomic E-state index is 12.7. The number of nitrogens with one attached hydrogen (secondary N) is 1. The molecule has 8 nitrogen and oxygen atoms in total. The number of rotatable bonds is 3. The summed E-state index contributed by atoms with van der Waals surface area (Å²) in [6, 6.07) is 3.14. The number of aromatic nitrogens is 2. The summed E-state index contributed by atoms with van der Waals surface area (Å²) < 4.78 is 6.88. The monoisotopic (exact) mass is 408 g/mol. The number of aliphatic hydroxyl groups excluding tert-OH is 1. The van der Waals surface area contributed by atoms with Crippen molar-refractivity contribution in [3.8, 4) is 0 Å². The van der Waals surface area contributed by atoms with Crippen LogP contribution in [0.4, 0.5) is 10.6 Å². The van der Waals surface area contributed by atoms with Crippen LogP contribution in [0.3, 0.4) is 0 Å². The molecule has 1 unspecified atom stereocenters. The van der Waals surface area contributed by atoms with E-state index in [0.29, 0.717) is 34.8 Å². The van der Waals surface area contributed by atoms with E-state index < -0.39 is 11.7 Å². The molecule has 2 atom stereocenters. The van der Waals surface area contributed by atoms with Gasteiger partial charge in [0.2, 0.25) is 0 Å². The van der Waals surface area contributed by atoms with Crippen molar-refractivity contribution in [3.63, 3.8) is 0 Å². The van der Waals surface area contributed by atoms with Gasteiger partial charge >= 0.3 is 6.09 Å². The third kappa shape index (κ3) is 4.39. The number of aliphatic hydroxyl groups is 1. The zero-order valence-corrected chi connectivity index (χ0v) is 17.2. The standard InChI is InChI=1S/C19H25ClN4O4/c1-19(2,3)28-18(27)23(4)16-8-11(20)7-15-14(10-21-24(15)16)17(26)22-12-5-6-13(25)9-12/h7-8,10,12-13,25H,5-6,9H2,1-4H3,(H,22,26)/t12?,13-/m1/s1. The molecule has 2 N–H and O–H groups in total. The number of carbonyl (C=O) groups is 2. The molecule has 1 aliphatic carbocycles. The molecule has 9 heteroatoms. The highest BCUT2D eigenvalue weighted by molar-refractivity contribution is 6.31. The Morgan fingerprint density at radius 1 is 1.36 bits per heavy atom. The first-order chi connectivity index (χ1) is 13.0. The summed E-state index contributed by atoms with van der Waals surface area (Å²) in [4.78, 5) is 26.4. The van der Waals surface area contributed by atoms with Gasteiger partial charge in [-0.3, -0.25) is 9.69 Å².